The van der Waals surface area contributed by atoms with Crippen LogP contribution in [0.5, 0.6) is 0 Å². The molecule has 0 bridgehead atoms. The summed E-state index contributed by atoms with van der Waals surface area (Å²) in [6.07, 6.45) is 3.83. The third-order valence-corrected chi connectivity index (χ3v) is 3.80. The standard InChI is InChI=1S/C16H17N3O2/c1-11-6-12-4-2-3-5-15(12)19(8-11)9-14-13(16(20)21)7-17-10-18-14/h2-5,7,10-11H,6,8-9H2,1H3,(H,20,21). The minimum absolute atomic E-state index is 0.174. The van der Waals surface area contributed by atoms with Gasteiger partial charge in [0.2, 0.25) is 0 Å². The Morgan fingerprint density at radius 3 is 3.05 bits per heavy atom. The van der Waals surface area contributed by atoms with Gasteiger partial charge in [-0.15, -0.1) is 0 Å². The average molecular weight is 283 g/mol. The molecular formula is C16H17N3O2. The maximum atomic E-state index is 11.3. The number of benzene rings is 1. The minimum atomic E-state index is -0.982. The summed E-state index contributed by atoms with van der Waals surface area (Å²) in [7, 11) is 0. The average Bonchev–Trinajstić information content (AvgIpc) is 2.47. The maximum absolute atomic E-state index is 11.3. The van der Waals surface area contributed by atoms with Crippen LogP contribution in [-0.4, -0.2) is 27.6 Å². The summed E-state index contributed by atoms with van der Waals surface area (Å²) in [5.74, 6) is -0.445. The number of carbonyl (C=O) groups is 1. The first kappa shape index (κ1) is 13.5. The summed E-state index contributed by atoms with van der Waals surface area (Å²) in [4.78, 5) is 21.4. The summed E-state index contributed by atoms with van der Waals surface area (Å²) in [6.45, 7) is 3.60. The Labute approximate surface area is 123 Å². The molecule has 0 radical (unpaired) electrons. The van der Waals surface area contributed by atoms with E-state index < -0.39 is 5.97 Å². The van der Waals surface area contributed by atoms with Crippen molar-refractivity contribution in [1.82, 2.24) is 9.97 Å². The van der Waals surface area contributed by atoms with Crippen molar-refractivity contribution in [2.24, 2.45) is 5.92 Å². The highest BCUT2D eigenvalue weighted by Gasteiger charge is 2.23. The summed E-state index contributed by atoms with van der Waals surface area (Å²) >= 11 is 0. The second kappa shape index (κ2) is 5.52. The fraction of sp³-hybridized carbons (Fsp3) is 0.312. The normalized spacial score (nSPS) is 17.4. The molecule has 2 aromatic rings. The van der Waals surface area contributed by atoms with Crippen molar-refractivity contribution in [3.8, 4) is 0 Å². The number of hydrogen-bond acceptors (Lipinski definition) is 4. The van der Waals surface area contributed by atoms with Gasteiger partial charge in [-0.05, 0) is 24.0 Å². The van der Waals surface area contributed by atoms with Crippen molar-refractivity contribution in [3.63, 3.8) is 0 Å². The second-order valence-electron chi connectivity index (χ2n) is 5.51. The van der Waals surface area contributed by atoms with Crippen LogP contribution in [0, 0.1) is 5.92 Å². The maximum Gasteiger partial charge on any atom is 0.339 e. The van der Waals surface area contributed by atoms with Gasteiger partial charge in [0.05, 0.1) is 12.2 Å². The van der Waals surface area contributed by atoms with Crippen molar-refractivity contribution < 1.29 is 9.90 Å². The first-order valence-electron chi connectivity index (χ1n) is 7.00. The molecular weight excluding hydrogens is 266 g/mol. The summed E-state index contributed by atoms with van der Waals surface area (Å²) in [6, 6.07) is 8.28. The first-order valence-corrected chi connectivity index (χ1v) is 7.00. The van der Waals surface area contributed by atoms with Crippen LogP contribution in [0.4, 0.5) is 5.69 Å². The molecule has 1 aliphatic rings. The van der Waals surface area contributed by atoms with Gasteiger partial charge in [0.15, 0.2) is 0 Å². The Morgan fingerprint density at radius 1 is 1.43 bits per heavy atom. The fourth-order valence-corrected chi connectivity index (χ4v) is 2.90. The monoisotopic (exact) mass is 283 g/mol. The van der Waals surface area contributed by atoms with E-state index in [0.29, 0.717) is 18.2 Å². The number of carboxylic acid groups (broad SMARTS) is 1. The van der Waals surface area contributed by atoms with Gasteiger partial charge in [0.25, 0.3) is 0 Å². The first-order chi connectivity index (χ1) is 10.1. The molecule has 21 heavy (non-hydrogen) atoms. The molecule has 0 aliphatic carbocycles. The molecule has 1 aromatic heterocycles. The third kappa shape index (κ3) is 2.72. The number of rotatable bonds is 3. The van der Waals surface area contributed by atoms with Gasteiger partial charge in [-0.25, -0.2) is 14.8 Å². The molecule has 0 amide bonds. The zero-order chi connectivity index (χ0) is 14.8. The van der Waals surface area contributed by atoms with Crippen molar-refractivity contribution in [2.75, 3.05) is 11.4 Å². The van der Waals surface area contributed by atoms with Crippen LogP contribution in [0.3, 0.4) is 0 Å². The molecule has 5 nitrogen and oxygen atoms in total. The van der Waals surface area contributed by atoms with Crippen LogP contribution >= 0.6 is 0 Å². The van der Waals surface area contributed by atoms with E-state index in [1.165, 1.54) is 23.8 Å². The van der Waals surface area contributed by atoms with E-state index in [4.69, 9.17) is 0 Å². The smallest absolute Gasteiger partial charge is 0.339 e. The van der Waals surface area contributed by atoms with Gasteiger partial charge < -0.3 is 10.0 Å². The summed E-state index contributed by atoms with van der Waals surface area (Å²) in [5.41, 5.74) is 3.21. The van der Waals surface area contributed by atoms with Gasteiger partial charge in [0, 0.05) is 18.4 Å². The van der Waals surface area contributed by atoms with Crippen LogP contribution in [0.1, 0.15) is 28.5 Å². The highest BCUT2D eigenvalue weighted by atomic mass is 16.4. The van der Waals surface area contributed by atoms with Gasteiger partial charge in [-0.1, -0.05) is 25.1 Å². The lowest BCUT2D eigenvalue weighted by Gasteiger charge is -2.34. The van der Waals surface area contributed by atoms with Crippen LogP contribution in [0.15, 0.2) is 36.8 Å². The molecule has 1 atom stereocenters. The van der Waals surface area contributed by atoms with Crippen molar-refractivity contribution in [3.05, 3.63) is 53.6 Å². The fourth-order valence-electron chi connectivity index (χ4n) is 2.90. The van der Waals surface area contributed by atoms with Crippen molar-refractivity contribution in [1.29, 1.82) is 0 Å². The van der Waals surface area contributed by atoms with Gasteiger partial charge in [-0.2, -0.15) is 0 Å². The molecule has 1 aromatic carbocycles. The van der Waals surface area contributed by atoms with Gasteiger partial charge >= 0.3 is 5.97 Å². The van der Waals surface area contributed by atoms with Crippen LogP contribution in [-0.2, 0) is 13.0 Å². The minimum Gasteiger partial charge on any atom is -0.478 e. The zero-order valence-corrected chi connectivity index (χ0v) is 11.9. The van der Waals surface area contributed by atoms with Gasteiger partial charge in [-0.3, -0.25) is 0 Å². The number of carboxylic acids is 1. The molecule has 1 aliphatic heterocycles. The Hall–Kier alpha value is -2.43. The second-order valence-corrected chi connectivity index (χ2v) is 5.51. The molecule has 0 spiro atoms. The van der Waals surface area contributed by atoms with E-state index in [9.17, 15) is 9.90 Å². The summed E-state index contributed by atoms with van der Waals surface area (Å²) < 4.78 is 0. The van der Waals surface area contributed by atoms with E-state index in [-0.39, 0.29) is 5.56 Å². The SMILES string of the molecule is CC1Cc2ccccc2N(Cc2ncncc2C(=O)O)C1. The molecule has 5 heteroatoms. The van der Waals surface area contributed by atoms with Crippen LogP contribution < -0.4 is 4.90 Å². The molecule has 0 fully saturated rings. The lowest BCUT2D eigenvalue weighted by atomic mass is 9.93. The highest BCUT2D eigenvalue weighted by molar-refractivity contribution is 5.88. The lowest BCUT2D eigenvalue weighted by Crippen LogP contribution is -2.34. The Morgan fingerprint density at radius 2 is 2.24 bits per heavy atom. The highest BCUT2D eigenvalue weighted by Crippen LogP contribution is 2.30. The van der Waals surface area contributed by atoms with Crippen molar-refractivity contribution in [2.45, 2.75) is 19.9 Å². The summed E-state index contributed by atoms with van der Waals surface area (Å²) in [5, 5.41) is 9.24. The number of nitrogens with zero attached hydrogens (tertiary/aromatic N) is 3. The predicted octanol–water partition coefficient (Wildman–Crippen LogP) is 2.37. The molecule has 0 saturated heterocycles. The van der Waals surface area contributed by atoms with Gasteiger partial charge in [0.1, 0.15) is 11.9 Å². The third-order valence-electron chi connectivity index (χ3n) is 3.80. The van der Waals surface area contributed by atoms with E-state index in [2.05, 4.69) is 33.9 Å². The number of anilines is 1. The Balaban J connectivity index is 1.94. The largest absolute Gasteiger partial charge is 0.478 e. The number of hydrogen-bond donors (Lipinski definition) is 1. The molecule has 2 heterocycles. The molecule has 108 valence electrons. The lowest BCUT2D eigenvalue weighted by molar-refractivity contribution is 0.0694. The molecule has 1 N–H and O–H groups in total. The predicted molar refractivity (Wildman–Crippen MR) is 79.4 cm³/mol. The quantitative estimate of drug-likeness (QED) is 0.936. The number of aromatic nitrogens is 2. The number of aromatic carboxylic acids is 1. The van der Waals surface area contributed by atoms with Crippen LogP contribution in [0.25, 0.3) is 0 Å². The van der Waals surface area contributed by atoms with E-state index >= 15 is 0 Å². The Bertz CT molecular complexity index is 672. The van der Waals surface area contributed by atoms with Crippen LogP contribution in [0.2, 0.25) is 0 Å². The zero-order valence-electron chi connectivity index (χ0n) is 11.9. The molecule has 3 rings (SSSR count). The number of para-hydroxylation sites is 1. The van der Waals surface area contributed by atoms with E-state index in [0.717, 1.165) is 13.0 Å². The van der Waals surface area contributed by atoms with E-state index in [1.54, 1.807) is 0 Å². The Kier molecular flexibility index (Phi) is 3.56. The molecule has 1 unspecified atom stereocenters. The van der Waals surface area contributed by atoms with E-state index in [1.807, 2.05) is 12.1 Å². The topological polar surface area (TPSA) is 66.3 Å². The number of fused-ring (bicyclic) bond motifs is 1. The molecule has 0 saturated carbocycles. The van der Waals surface area contributed by atoms with Crippen molar-refractivity contribution >= 4 is 11.7 Å².